The zero-order chi connectivity index (χ0) is 16.2. The van der Waals surface area contributed by atoms with Gasteiger partial charge in [0.2, 0.25) is 0 Å². The highest BCUT2D eigenvalue weighted by atomic mass is 15.3. The first-order chi connectivity index (χ1) is 11.9. The summed E-state index contributed by atoms with van der Waals surface area (Å²) in [4.78, 5) is 2.57. The second-order valence-corrected chi connectivity index (χ2v) is 6.56. The van der Waals surface area contributed by atoms with Gasteiger partial charge in [-0.25, -0.2) is 0 Å². The second-order valence-electron chi connectivity index (χ2n) is 6.56. The Bertz CT molecular complexity index is 748. The van der Waals surface area contributed by atoms with E-state index in [-0.39, 0.29) is 0 Å². The van der Waals surface area contributed by atoms with E-state index in [0.29, 0.717) is 5.92 Å². The van der Waals surface area contributed by atoms with Gasteiger partial charge >= 0.3 is 0 Å². The summed E-state index contributed by atoms with van der Waals surface area (Å²) >= 11 is 0. The fraction of sp³-hybridized carbons (Fsp3) is 0.368. The molecule has 24 heavy (non-hydrogen) atoms. The van der Waals surface area contributed by atoms with Crippen molar-refractivity contribution >= 4 is 0 Å². The number of likely N-dealkylation sites (tertiary alicyclic amines) is 1. The molecule has 1 aliphatic heterocycles. The highest BCUT2D eigenvalue weighted by molar-refractivity contribution is 5.27. The molecule has 0 aliphatic carbocycles. The zero-order valence-corrected chi connectivity index (χ0v) is 13.8. The highest BCUT2D eigenvalue weighted by Gasteiger charge is 2.22. The van der Waals surface area contributed by atoms with E-state index in [4.69, 9.17) is 0 Å². The third-order valence-electron chi connectivity index (χ3n) is 4.87. The van der Waals surface area contributed by atoms with Crippen molar-refractivity contribution in [2.75, 3.05) is 13.1 Å². The number of rotatable bonds is 5. The van der Waals surface area contributed by atoms with Crippen LogP contribution in [-0.4, -0.2) is 38.0 Å². The van der Waals surface area contributed by atoms with Gasteiger partial charge in [-0.15, -0.1) is 0 Å². The number of H-pyrrole nitrogens is 1. The smallest absolute Gasteiger partial charge is 0.0662 e. The number of nitrogens with zero attached hydrogens (tertiary/aromatic N) is 4. The molecule has 0 saturated carbocycles. The van der Waals surface area contributed by atoms with Crippen molar-refractivity contribution in [1.29, 1.82) is 0 Å². The Balaban J connectivity index is 1.47. The number of nitrogens with one attached hydrogen (secondary N) is 1. The van der Waals surface area contributed by atoms with Crippen LogP contribution in [0.1, 0.15) is 35.6 Å². The van der Waals surface area contributed by atoms with Crippen molar-refractivity contribution < 1.29 is 0 Å². The predicted molar refractivity (Wildman–Crippen MR) is 93.6 cm³/mol. The molecular formula is C19H23N5. The number of aromatic nitrogens is 4. The molecule has 5 heteroatoms. The van der Waals surface area contributed by atoms with E-state index in [9.17, 15) is 0 Å². The van der Waals surface area contributed by atoms with Crippen molar-refractivity contribution in [3.63, 3.8) is 0 Å². The molecule has 2 aromatic heterocycles. The summed E-state index contributed by atoms with van der Waals surface area (Å²) in [6, 6.07) is 12.8. The maximum Gasteiger partial charge on any atom is 0.0662 e. The molecule has 124 valence electrons. The third-order valence-corrected chi connectivity index (χ3v) is 4.87. The van der Waals surface area contributed by atoms with E-state index in [1.165, 1.54) is 36.2 Å². The Morgan fingerprint density at radius 1 is 1.04 bits per heavy atom. The highest BCUT2D eigenvalue weighted by Crippen LogP contribution is 2.26. The van der Waals surface area contributed by atoms with Crippen molar-refractivity contribution in [3.8, 4) is 0 Å². The Labute approximate surface area is 142 Å². The van der Waals surface area contributed by atoms with Gasteiger partial charge < -0.3 is 0 Å². The molecule has 0 amide bonds. The lowest BCUT2D eigenvalue weighted by Gasteiger charge is -2.32. The van der Waals surface area contributed by atoms with Gasteiger partial charge in [-0.3, -0.25) is 14.7 Å². The molecule has 0 unspecified atom stereocenters. The lowest BCUT2D eigenvalue weighted by molar-refractivity contribution is 0.198. The zero-order valence-electron chi connectivity index (χ0n) is 13.8. The number of hydrogen-bond acceptors (Lipinski definition) is 3. The summed E-state index contributed by atoms with van der Waals surface area (Å²) in [5, 5.41) is 11.6. The minimum absolute atomic E-state index is 0.569. The molecule has 3 heterocycles. The SMILES string of the molecule is c1ccc(Cn2cccn2)c(CN2CCC[C@@H](c3ccn[nH]3)C2)c1. The van der Waals surface area contributed by atoms with Crippen LogP contribution < -0.4 is 0 Å². The van der Waals surface area contributed by atoms with Crippen LogP contribution in [0.4, 0.5) is 0 Å². The molecule has 5 nitrogen and oxygen atoms in total. The van der Waals surface area contributed by atoms with Gasteiger partial charge in [-0.1, -0.05) is 24.3 Å². The van der Waals surface area contributed by atoms with Crippen molar-refractivity contribution in [2.45, 2.75) is 31.8 Å². The molecule has 1 atom stereocenters. The first kappa shape index (κ1) is 15.1. The molecule has 1 N–H and O–H groups in total. The van der Waals surface area contributed by atoms with E-state index in [1.54, 1.807) is 0 Å². The molecule has 1 fully saturated rings. The molecule has 4 rings (SSSR count). The Morgan fingerprint density at radius 2 is 1.92 bits per heavy atom. The average molecular weight is 321 g/mol. The number of piperidine rings is 1. The van der Waals surface area contributed by atoms with E-state index in [2.05, 4.69) is 50.5 Å². The maximum absolute atomic E-state index is 4.34. The minimum atomic E-state index is 0.569. The number of aromatic amines is 1. The van der Waals surface area contributed by atoms with Gasteiger partial charge in [-0.2, -0.15) is 10.2 Å². The number of benzene rings is 1. The van der Waals surface area contributed by atoms with Gasteiger partial charge in [0.15, 0.2) is 0 Å². The second kappa shape index (κ2) is 7.01. The van der Waals surface area contributed by atoms with E-state index in [1.807, 2.05) is 29.3 Å². The molecule has 1 aromatic carbocycles. The first-order valence-electron chi connectivity index (χ1n) is 8.64. The summed E-state index contributed by atoms with van der Waals surface area (Å²) in [6.07, 6.45) is 8.19. The Kier molecular flexibility index (Phi) is 4.42. The Morgan fingerprint density at radius 3 is 2.67 bits per heavy atom. The van der Waals surface area contributed by atoms with Gasteiger partial charge in [0, 0.05) is 43.3 Å². The van der Waals surface area contributed by atoms with Gasteiger partial charge in [0.05, 0.1) is 6.54 Å². The van der Waals surface area contributed by atoms with Crippen LogP contribution in [0.5, 0.6) is 0 Å². The monoisotopic (exact) mass is 321 g/mol. The number of hydrogen-bond donors (Lipinski definition) is 1. The first-order valence-corrected chi connectivity index (χ1v) is 8.64. The maximum atomic E-state index is 4.34. The largest absolute Gasteiger partial charge is 0.298 e. The third kappa shape index (κ3) is 3.41. The average Bonchev–Trinajstić information content (AvgIpc) is 3.30. The molecule has 0 radical (unpaired) electrons. The van der Waals surface area contributed by atoms with Gasteiger partial charge in [0.25, 0.3) is 0 Å². The summed E-state index contributed by atoms with van der Waals surface area (Å²) in [7, 11) is 0. The molecule has 1 saturated heterocycles. The predicted octanol–water partition coefficient (Wildman–Crippen LogP) is 3.03. The summed E-state index contributed by atoms with van der Waals surface area (Å²) in [5.74, 6) is 0.569. The minimum Gasteiger partial charge on any atom is -0.298 e. The van der Waals surface area contributed by atoms with Crippen LogP contribution in [0.25, 0.3) is 0 Å². The van der Waals surface area contributed by atoms with E-state index < -0.39 is 0 Å². The van der Waals surface area contributed by atoms with E-state index in [0.717, 1.165) is 19.6 Å². The van der Waals surface area contributed by atoms with Gasteiger partial charge in [-0.05, 0) is 42.6 Å². The fourth-order valence-corrected chi connectivity index (χ4v) is 3.62. The van der Waals surface area contributed by atoms with Crippen molar-refractivity contribution in [3.05, 3.63) is 71.8 Å². The summed E-state index contributed by atoms with van der Waals surface area (Å²) in [5.41, 5.74) is 4.02. The fourth-order valence-electron chi connectivity index (χ4n) is 3.62. The lowest BCUT2D eigenvalue weighted by atomic mass is 9.94. The summed E-state index contributed by atoms with van der Waals surface area (Å²) in [6.45, 7) is 4.10. The molecule has 1 aliphatic rings. The lowest BCUT2D eigenvalue weighted by Crippen LogP contribution is -2.34. The van der Waals surface area contributed by atoms with Crippen molar-refractivity contribution in [1.82, 2.24) is 24.9 Å². The van der Waals surface area contributed by atoms with Crippen LogP contribution in [-0.2, 0) is 13.1 Å². The molecule has 0 spiro atoms. The quantitative estimate of drug-likeness (QED) is 0.786. The van der Waals surface area contributed by atoms with E-state index >= 15 is 0 Å². The molecular weight excluding hydrogens is 298 g/mol. The summed E-state index contributed by atoms with van der Waals surface area (Å²) < 4.78 is 1.99. The molecule has 0 bridgehead atoms. The standard InChI is InChI=1S/C19H23N5/c1-2-6-17(15-24-12-4-9-21-24)16(5-1)13-23-11-3-7-18(14-23)19-8-10-20-22-19/h1-2,4-6,8-10,12,18H,3,7,11,13-15H2,(H,20,22)/t18-/m1/s1. The van der Waals surface area contributed by atoms with Crippen molar-refractivity contribution in [2.24, 2.45) is 0 Å². The van der Waals surface area contributed by atoms with Gasteiger partial charge in [0.1, 0.15) is 0 Å². The van der Waals surface area contributed by atoms with Crippen LogP contribution in [0.2, 0.25) is 0 Å². The normalized spacial score (nSPS) is 18.8. The Hall–Kier alpha value is -2.40. The van der Waals surface area contributed by atoms with Crippen LogP contribution in [0, 0.1) is 0 Å². The topological polar surface area (TPSA) is 49.7 Å². The molecule has 3 aromatic rings. The van der Waals surface area contributed by atoms with Crippen LogP contribution in [0.3, 0.4) is 0 Å². The van der Waals surface area contributed by atoms with Crippen LogP contribution >= 0.6 is 0 Å². The van der Waals surface area contributed by atoms with Crippen LogP contribution in [0.15, 0.2) is 55.0 Å².